The Kier molecular flexibility index (Phi) is 7.11. The summed E-state index contributed by atoms with van der Waals surface area (Å²) in [5.41, 5.74) is 4.30. The van der Waals surface area contributed by atoms with Gasteiger partial charge in [-0.2, -0.15) is 5.10 Å². The predicted molar refractivity (Wildman–Crippen MR) is 106 cm³/mol. The topological polar surface area (TPSA) is 53.9 Å². The normalized spacial score (nSPS) is 10.8. The summed E-state index contributed by atoms with van der Waals surface area (Å²) in [5, 5.41) is 4.75. The van der Waals surface area contributed by atoms with E-state index in [0.29, 0.717) is 15.8 Å². The zero-order valence-corrected chi connectivity index (χ0v) is 16.7. The van der Waals surface area contributed by atoms with Crippen LogP contribution in [-0.4, -0.2) is 32.8 Å². The van der Waals surface area contributed by atoms with Crippen LogP contribution in [0.5, 0.6) is 5.75 Å². The van der Waals surface area contributed by atoms with Gasteiger partial charge in [0.05, 0.1) is 16.9 Å². The smallest absolute Gasteiger partial charge is 0.277 e. The highest BCUT2D eigenvalue weighted by Gasteiger charge is 2.06. The molecule has 0 bridgehead atoms. The fourth-order valence-electron chi connectivity index (χ4n) is 1.91. The Morgan fingerprint density at radius 3 is 2.68 bits per heavy atom. The van der Waals surface area contributed by atoms with E-state index in [1.807, 2.05) is 37.2 Å². The van der Waals surface area contributed by atoms with Gasteiger partial charge in [0, 0.05) is 23.6 Å². The number of ether oxygens (including phenoxy) is 1. The number of carbonyl (C=O) groups excluding carboxylic acids is 1. The maximum Gasteiger partial charge on any atom is 0.277 e. The SMILES string of the molecule is CN(C)c1ccc(/C=N\NC(=O)COc2ccc(Cl)cc2Cl)cc1Br. The van der Waals surface area contributed by atoms with Gasteiger partial charge in [-0.1, -0.05) is 29.3 Å². The molecule has 1 N–H and O–H groups in total. The summed E-state index contributed by atoms with van der Waals surface area (Å²) >= 11 is 15.3. The Labute approximate surface area is 164 Å². The number of carbonyl (C=O) groups is 1. The van der Waals surface area contributed by atoms with Gasteiger partial charge in [0.25, 0.3) is 5.91 Å². The minimum atomic E-state index is -0.397. The van der Waals surface area contributed by atoms with Gasteiger partial charge < -0.3 is 9.64 Å². The molecule has 0 atom stereocenters. The lowest BCUT2D eigenvalue weighted by atomic mass is 10.2. The molecular formula is C17H16BrCl2N3O2. The summed E-state index contributed by atoms with van der Waals surface area (Å²) in [6.45, 7) is -0.206. The Morgan fingerprint density at radius 1 is 1.28 bits per heavy atom. The highest BCUT2D eigenvalue weighted by Crippen LogP contribution is 2.27. The van der Waals surface area contributed by atoms with Gasteiger partial charge in [-0.25, -0.2) is 5.43 Å². The lowest BCUT2D eigenvalue weighted by Crippen LogP contribution is -2.24. The fourth-order valence-corrected chi connectivity index (χ4v) is 3.13. The number of hydrazone groups is 1. The summed E-state index contributed by atoms with van der Waals surface area (Å²) in [4.78, 5) is 13.8. The summed E-state index contributed by atoms with van der Waals surface area (Å²) in [6.07, 6.45) is 1.55. The van der Waals surface area contributed by atoms with Crippen LogP contribution in [-0.2, 0) is 4.79 Å². The molecule has 132 valence electrons. The Bertz CT molecular complexity index is 797. The monoisotopic (exact) mass is 443 g/mol. The van der Waals surface area contributed by atoms with E-state index in [1.54, 1.807) is 24.4 Å². The highest BCUT2D eigenvalue weighted by molar-refractivity contribution is 9.10. The minimum Gasteiger partial charge on any atom is -0.482 e. The quantitative estimate of drug-likeness (QED) is 0.532. The Hall–Kier alpha value is -1.76. The first-order valence-corrected chi connectivity index (χ1v) is 8.78. The Balaban J connectivity index is 1.87. The zero-order valence-electron chi connectivity index (χ0n) is 13.6. The van der Waals surface area contributed by atoms with Crippen molar-refractivity contribution in [1.29, 1.82) is 0 Å². The summed E-state index contributed by atoms with van der Waals surface area (Å²) in [6, 6.07) is 10.6. The molecule has 0 unspecified atom stereocenters. The van der Waals surface area contributed by atoms with Crippen molar-refractivity contribution in [3.8, 4) is 5.75 Å². The van der Waals surface area contributed by atoms with Gasteiger partial charge in [-0.05, 0) is 51.8 Å². The predicted octanol–water partition coefficient (Wildman–Crippen LogP) is 4.35. The lowest BCUT2D eigenvalue weighted by Gasteiger charge is -2.14. The number of rotatable bonds is 6. The third-order valence-electron chi connectivity index (χ3n) is 3.11. The maximum absolute atomic E-state index is 11.8. The molecule has 0 aromatic heterocycles. The first kappa shape index (κ1) is 19.6. The number of hydrogen-bond acceptors (Lipinski definition) is 4. The van der Waals surface area contributed by atoms with Gasteiger partial charge >= 0.3 is 0 Å². The maximum atomic E-state index is 11.8. The van der Waals surface area contributed by atoms with E-state index in [-0.39, 0.29) is 6.61 Å². The van der Waals surface area contributed by atoms with Crippen molar-refractivity contribution in [2.75, 3.05) is 25.6 Å². The molecule has 0 saturated carbocycles. The lowest BCUT2D eigenvalue weighted by molar-refractivity contribution is -0.123. The standard InChI is InChI=1S/C17H16BrCl2N3O2/c1-23(2)15-5-3-11(7-13(15)18)9-21-22-17(24)10-25-16-6-4-12(19)8-14(16)20/h3-9H,10H2,1-2H3,(H,22,24)/b21-9-. The van der Waals surface area contributed by atoms with Crippen LogP contribution in [0, 0.1) is 0 Å². The number of hydrogen-bond donors (Lipinski definition) is 1. The van der Waals surface area contributed by atoms with Crippen LogP contribution in [0.3, 0.4) is 0 Å². The number of benzene rings is 2. The van der Waals surface area contributed by atoms with E-state index < -0.39 is 5.91 Å². The average molecular weight is 445 g/mol. The summed E-state index contributed by atoms with van der Waals surface area (Å²) < 4.78 is 6.27. The third-order valence-corrected chi connectivity index (χ3v) is 4.27. The number of amides is 1. The van der Waals surface area contributed by atoms with Crippen molar-refractivity contribution >= 4 is 56.9 Å². The Morgan fingerprint density at radius 2 is 2.04 bits per heavy atom. The molecule has 0 saturated heterocycles. The van der Waals surface area contributed by atoms with E-state index in [1.165, 1.54) is 0 Å². The van der Waals surface area contributed by atoms with Gasteiger partial charge in [-0.3, -0.25) is 4.79 Å². The van der Waals surface area contributed by atoms with Crippen LogP contribution in [0.4, 0.5) is 5.69 Å². The molecule has 8 heteroatoms. The number of nitrogens with one attached hydrogen (secondary N) is 1. The van der Waals surface area contributed by atoms with Crippen LogP contribution >= 0.6 is 39.1 Å². The number of nitrogens with zero attached hydrogens (tertiary/aromatic N) is 2. The summed E-state index contributed by atoms with van der Waals surface area (Å²) in [5.74, 6) is -0.0142. The molecule has 1 amide bonds. The second-order valence-electron chi connectivity index (χ2n) is 5.26. The first-order chi connectivity index (χ1) is 11.9. The van der Waals surface area contributed by atoms with Crippen LogP contribution < -0.4 is 15.1 Å². The largest absolute Gasteiger partial charge is 0.482 e. The molecule has 25 heavy (non-hydrogen) atoms. The molecule has 2 rings (SSSR count). The van der Waals surface area contributed by atoms with Crippen molar-refractivity contribution in [3.05, 3.63) is 56.5 Å². The van der Waals surface area contributed by atoms with Gasteiger partial charge in [0.1, 0.15) is 5.75 Å². The molecular weight excluding hydrogens is 429 g/mol. The number of anilines is 1. The van der Waals surface area contributed by atoms with Crippen LogP contribution in [0.25, 0.3) is 0 Å². The minimum absolute atomic E-state index is 0.206. The van der Waals surface area contributed by atoms with Gasteiger partial charge in [0.2, 0.25) is 0 Å². The van der Waals surface area contributed by atoms with Crippen LogP contribution in [0.1, 0.15) is 5.56 Å². The molecule has 2 aromatic rings. The molecule has 2 aromatic carbocycles. The molecule has 0 fully saturated rings. The number of halogens is 3. The molecule has 0 aliphatic rings. The van der Waals surface area contributed by atoms with E-state index in [0.717, 1.165) is 15.7 Å². The second kappa shape index (κ2) is 9.08. The average Bonchev–Trinajstić information content (AvgIpc) is 2.53. The van der Waals surface area contributed by atoms with Crippen molar-refractivity contribution in [2.45, 2.75) is 0 Å². The second-order valence-corrected chi connectivity index (χ2v) is 6.96. The molecule has 0 aliphatic carbocycles. The van der Waals surface area contributed by atoms with Crippen molar-refractivity contribution in [3.63, 3.8) is 0 Å². The van der Waals surface area contributed by atoms with Crippen molar-refractivity contribution in [1.82, 2.24) is 5.43 Å². The molecule has 0 spiro atoms. The fraction of sp³-hybridized carbons (Fsp3) is 0.176. The first-order valence-electron chi connectivity index (χ1n) is 7.23. The van der Waals surface area contributed by atoms with Gasteiger partial charge in [-0.15, -0.1) is 0 Å². The van der Waals surface area contributed by atoms with Gasteiger partial charge in [0.15, 0.2) is 6.61 Å². The zero-order chi connectivity index (χ0) is 18.4. The van der Waals surface area contributed by atoms with Crippen LogP contribution in [0.2, 0.25) is 10.0 Å². The van der Waals surface area contributed by atoms with Crippen molar-refractivity contribution < 1.29 is 9.53 Å². The molecule has 0 radical (unpaired) electrons. The van der Waals surface area contributed by atoms with E-state index >= 15 is 0 Å². The van der Waals surface area contributed by atoms with E-state index in [9.17, 15) is 4.79 Å². The van der Waals surface area contributed by atoms with Crippen LogP contribution in [0.15, 0.2) is 46.0 Å². The van der Waals surface area contributed by atoms with E-state index in [4.69, 9.17) is 27.9 Å². The summed E-state index contributed by atoms with van der Waals surface area (Å²) in [7, 11) is 3.92. The van der Waals surface area contributed by atoms with Crippen molar-refractivity contribution in [2.24, 2.45) is 5.10 Å². The molecule has 0 aliphatic heterocycles. The molecule has 0 heterocycles. The molecule has 5 nitrogen and oxygen atoms in total. The third kappa shape index (κ3) is 5.92. The van der Waals surface area contributed by atoms with E-state index in [2.05, 4.69) is 26.5 Å². The highest BCUT2D eigenvalue weighted by atomic mass is 79.9.